The molecule has 188 valence electrons. The summed E-state index contributed by atoms with van der Waals surface area (Å²) in [6.07, 6.45) is 0. The largest absolute Gasteiger partial charge is 0.454 e. The molecule has 1 atom stereocenters. The van der Waals surface area contributed by atoms with Crippen LogP contribution in [0, 0.1) is 11.7 Å². The normalized spacial score (nSPS) is 14.9. The number of nitrogens with zero attached hydrogens (tertiary/aromatic N) is 2. The zero-order chi connectivity index (χ0) is 25.4. The summed E-state index contributed by atoms with van der Waals surface area (Å²) in [5.41, 5.74) is 1.52. The maximum absolute atomic E-state index is 13.9. The van der Waals surface area contributed by atoms with Gasteiger partial charge in [0, 0.05) is 37.6 Å². The van der Waals surface area contributed by atoms with Crippen LogP contribution in [0.25, 0.3) is 0 Å². The number of anilines is 2. The number of hydrogen-bond acceptors (Lipinski definition) is 6. The minimum absolute atomic E-state index is 0.167. The fourth-order valence-electron chi connectivity index (χ4n) is 3.86. The Morgan fingerprint density at radius 3 is 2.26 bits per heavy atom. The topological polar surface area (TPSA) is 91.0 Å². The van der Waals surface area contributed by atoms with Crippen LogP contribution in [0.1, 0.15) is 31.1 Å². The molecule has 2 N–H and O–H groups in total. The third-order valence-electron chi connectivity index (χ3n) is 6.01. The molecule has 0 unspecified atom stereocenters. The minimum atomic E-state index is -1.03. The lowest BCUT2D eigenvalue weighted by Gasteiger charge is -2.35. The number of likely N-dealkylation sites (N-methyl/N-ethyl adjacent to an activating group) is 1. The van der Waals surface area contributed by atoms with Crippen LogP contribution in [0.15, 0.2) is 48.5 Å². The fourth-order valence-corrected chi connectivity index (χ4v) is 3.86. The number of esters is 1. The number of benzene rings is 2. The van der Waals surface area contributed by atoms with E-state index in [4.69, 9.17) is 4.74 Å². The molecule has 3 rings (SSSR count). The Morgan fingerprint density at radius 2 is 1.66 bits per heavy atom. The Bertz CT molecular complexity index is 1020. The summed E-state index contributed by atoms with van der Waals surface area (Å²) in [6, 6.07) is 12.0. The van der Waals surface area contributed by atoms with Crippen LogP contribution in [0.4, 0.5) is 15.8 Å². The summed E-state index contributed by atoms with van der Waals surface area (Å²) in [5.74, 6) is -2.99. The van der Waals surface area contributed by atoms with Gasteiger partial charge in [-0.15, -0.1) is 0 Å². The van der Waals surface area contributed by atoms with Gasteiger partial charge in [-0.05, 0) is 48.9 Å². The molecule has 1 heterocycles. The lowest BCUT2D eigenvalue weighted by molar-refractivity contribution is -0.150. The van der Waals surface area contributed by atoms with Crippen LogP contribution < -0.4 is 15.5 Å². The van der Waals surface area contributed by atoms with E-state index in [1.807, 2.05) is 24.3 Å². The summed E-state index contributed by atoms with van der Waals surface area (Å²) in [5, 5.41) is 5.20. The zero-order valence-corrected chi connectivity index (χ0v) is 20.4. The molecule has 0 aliphatic carbocycles. The standard InChI is InChI=1S/C26H33FN4O4/c1-4-30-13-15-31(16-14-30)20-11-9-19(10-12-20)28-23(32)17-35-26(34)24(18(2)3)29-25(33)21-7-5-6-8-22(21)27/h5-12,18,24H,4,13-17H2,1-3H3,(H,28,32)(H,29,33)/t24-/m0/s1. The second kappa shape index (κ2) is 12.3. The Morgan fingerprint density at radius 1 is 1.00 bits per heavy atom. The molecule has 8 nitrogen and oxygen atoms in total. The number of ether oxygens (including phenoxy) is 1. The van der Waals surface area contributed by atoms with Crippen molar-refractivity contribution in [3.05, 3.63) is 59.9 Å². The molecule has 2 amide bonds. The lowest BCUT2D eigenvalue weighted by Crippen LogP contribution is -2.46. The highest BCUT2D eigenvalue weighted by molar-refractivity contribution is 5.97. The van der Waals surface area contributed by atoms with E-state index in [1.165, 1.54) is 24.3 Å². The number of rotatable bonds is 9. The second-order valence-corrected chi connectivity index (χ2v) is 8.80. The van der Waals surface area contributed by atoms with Crippen molar-refractivity contribution in [1.29, 1.82) is 0 Å². The molecular weight excluding hydrogens is 451 g/mol. The van der Waals surface area contributed by atoms with Crippen molar-refractivity contribution in [2.24, 2.45) is 5.92 Å². The molecule has 1 saturated heterocycles. The van der Waals surface area contributed by atoms with Crippen LogP contribution in [-0.2, 0) is 14.3 Å². The summed E-state index contributed by atoms with van der Waals surface area (Å²) >= 11 is 0. The van der Waals surface area contributed by atoms with E-state index >= 15 is 0 Å². The number of carbonyl (C=O) groups is 3. The SMILES string of the molecule is CCN1CCN(c2ccc(NC(=O)COC(=O)[C@@H](NC(=O)c3ccccc3F)C(C)C)cc2)CC1. The van der Waals surface area contributed by atoms with E-state index in [9.17, 15) is 18.8 Å². The maximum atomic E-state index is 13.9. The Balaban J connectivity index is 1.49. The van der Waals surface area contributed by atoms with Gasteiger partial charge in [-0.2, -0.15) is 0 Å². The predicted molar refractivity (Wildman–Crippen MR) is 133 cm³/mol. The third-order valence-corrected chi connectivity index (χ3v) is 6.01. The van der Waals surface area contributed by atoms with Gasteiger partial charge in [-0.1, -0.05) is 32.9 Å². The third kappa shape index (κ3) is 7.26. The zero-order valence-electron chi connectivity index (χ0n) is 20.4. The number of halogens is 1. The first-order valence-corrected chi connectivity index (χ1v) is 11.9. The van der Waals surface area contributed by atoms with Crippen molar-refractivity contribution in [3.63, 3.8) is 0 Å². The van der Waals surface area contributed by atoms with Gasteiger partial charge in [0.1, 0.15) is 11.9 Å². The van der Waals surface area contributed by atoms with Crippen LogP contribution in [0.5, 0.6) is 0 Å². The van der Waals surface area contributed by atoms with Crippen molar-refractivity contribution >= 4 is 29.2 Å². The van der Waals surface area contributed by atoms with Gasteiger partial charge in [0.2, 0.25) is 0 Å². The Hall–Kier alpha value is -3.46. The van der Waals surface area contributed by atoms with Gasteiger partial charge >= 0.3 is 5.97 Å². The molecule has 0 bridgehead atoms. The number of carbonyl (C=O) groups excluding carboxylic acids is 3. The quantitative estimate of drug-likeness (QED) is 0.532. The number of hydrogen-bond donors (Lipinski definition) is 2. The summed E-state index contributed by atoms with van der Waals surface area (Å²) in [7, 11) is 0. The highest BCUT2D eigenvalue weighted by Crippen LogP contribution is 2.19. The van der Waals surface area contributed by atoms with Crippen LogP contribution >= 0.6 is 0 Å². The molecule has 1 aliphatic rings. The molecule has 0 spiro atoms. The molecule has 2 aromatic rings. The molecule has 1 aliphatic heterocycles. The molecule has 0 saturated carbocycles. The molecule has 35 heavy (non-hydrogen) atoms. The Labute approximate surface area is 205 Å². The van der Waals surface area contributed by atoms with Crippen molar-refractivity contribution in [3.8, 4) is 0 Å². The first kappa shape index (κ1) is 26.2. The first-order valence-electron chi connectivity index (χ1n) is 11.9. The van der Waals surface area contributed by atoms with E-state index < -0.39 is 36.2 Å². The van der Waals surface area contributed by atoms with E-state index in [0.717, 1.165) is 38.4 Å². The van der Waals surface area contributed by atoms with Gasteiger partial charge in [-0.3, -0.25) is 9.59 Å². The highest BCUT2D eigenvalue weighted by Gasteiger charge is 2.27. The summed E-state index contributed by atoms with van der Waals surface area (Å²) in [4.78, 5) is 42.0. The summed E-state index contributed by atoms with van der Waals surface area (Å²) in [6.45, 7) is 10.1. The number of amides is 2. The van der Waals surface area contributed by atoms with Gasteiger partial charge in [0.25, 0.3) is 11.8 Å². The molecule has 2 aromatic carbocycles. The molecule has 1 fully saturated rings. The van der Waals surface area contributed by atoms with E-state index in [1.54, 1.807) is 13.8 Å². The van der Waals surface area contributed by atoms with Crippen molar-refractivity contribution < 1.29 is 23.5 Å². The van der Waals surface area contributed by atoms with Crippen molar-refractivity contribution in [1.82, 2.24) is 10.2 Å². The summed E-state index contributed by atoms with van der Waals surface area (Å²) < 4.78 is 19.0. The van der Waals surface area contributed by atoms with Crippen LogP contribution in [0.3, 0.4) is 0 Å². The average Bonchev–Trinajstić information content (AvgIpc) is 2.86. The lowest BCUT2D eigenvalue weighted by atomic mass is 10.0. The minimum Gasteiger partial charge on any atom is -0.454 e. The van der Waals surface area contributed by atoms with Crippen molar-refractivity contribution in [2.45, 2.75) is 26.8 Å². The van der Waals surface area contributed by atoms with Crippen LogP contribution in [-0.4, -0.2) is 68.1 Å². The molecular formula is C26H33FN4O4. The van der Waals surface area contributed by atoms with Gasteiger partial charge in [0.15, 0.2) is 6.61 Å². The van der Waals surface area contributed by atoms with Gasteiger partial charge in [-0.25, -0.2) is 9.18 Å². The molecule has 0 radical (unpaired) electrons. The monoisotopic (exact) mass is 484 g/mol. The number of nitrogens with one attached hydrogen (secondary N) is 2. The predicted octanol–water partition coefficient (Wildman–Crippen LogP) is 2.90. The average molecular weight is 485 g/mol. The molecule has 0 aromatic heterocycles. The highest BCUT2D eigenvalue weighted by atomic mass is 19.1. The molecule has 9 heteroatoms. The van der Waals surface area contributed by atoms with Crippen molar-refractivity contribution in [2.75, 3.05) is 49.5 Å². The van der Waals surface area contributed by atoms with Gasteiger partial charge in [0.05, 0.1) is 5.56 Å². The number of piperazine rings is 1. The Kier molecular flexibility index (Phi) is 9.19. The van der Waals surface area contributed by atoms with E-state index in [0.29, 0.717) is 5.69 Å². The van der Waals surface area contributed by atoms with Crippen LogP contribution in [0.2, 0.25) is 0 Å². The second-order valence-electron chi connectivity index (χ2n) is 8.80. The van der Waals surface area contributed by atoms with E-state index in [-0.39, 0.29) is 11.5 Å². The van der Waals surface area contributed by atoms with Gasteiger partial charge < -0.3 is 25.2 Å². The van der Waals surface area contributed by atoms with E-state index in [2.05, 4.69) is 27.4 Å². The maximum Gasteiger partial charge on any atom is 0.329 e. The smallest absolute Gasteiger partial charge is 0.329 e. The fraction of sp³-hybridized carbons (Fsp3) is 0.423. The first-order chi connectivity index (χ1) is 16.8.